The Bertz CT molecular complexity index is 478. The van der Waals surface area contributed by atoms with Gasteiger partial charge in [-0.2, -0.15) is 11.3 Å². The van der Waals surface area contributed by atoms with E-state index in [-0.39, 0.29) is 6.04 Å². The van der Waals surface area contributed by atoms with E-state index in [4.69, 9.17) is 0 Å². The Balaban J connectivity index is 2.32. The van der Waals surface area contributed by atoms with Crippen molar-refractivity contribution in [3.05, 3.63) is 50.6 Å². The predicted molar refractivity (Wildman–Crippen MR) is 81.1 cm³/mol. The molecule has 0 radical (unpaired) electrons. The zero-order chi connectivity index (χ0) is 12.3. The summed E-state index contributed by atoms with van der Waals surface area (Å²) in [5.74, 6) is 0. The molecule has 0 fully saturated rings. The number of thioether (sulfide) groups is 1. The van der Waals surface area contributed by atoms with Gasteiger partial charge < -0.3 is 5.32 Å². The molecule has 0 amide bonds. The lowest BCUT2D eigenvalue weighted by Gasteiger charge is -2.16. The van der Waals surface area contributed by atoms with Crippen LogP contribution in [0.25, 0.3) is 0 Å². The van der Waals surface area contributed by atoms with Crippen LogP contribution in [0.15, 0.2) is 44.4 Å². The molecule has 1 unspecified atom stereocenters. The molecule has 2 rings (SSSR count). The van der Waals surface area contributed by atoms with Crippen molar-refractivity contribution in [2.45, 2.75) is 10.9 Å². The number of halogens is 1. The molecule has 90 valence electrons. The van der Waals surface area contributed by atoms with E-state index in [1.165, 1.54) is 20.5 Å². The van der Waals surface area contributed by atoms with Gasteiger partial charge in [-0.3, -0.25) is 0 Å². The Morgan fingerprint density at radius 2 is 1.94 bits per heavy atom. The molecule has 1 aromatic heterocycles. The fraction of sp³-hybridized carbons (Fsp3) is 0.231. The van der Waals surface area contributed by atoms with Gasteiger partial charge in [0.2, 0.25) is 0 Å². The number of hydrogen-bond acceptors (Lipinski definition) is 3. The van der Waals surface area contributed by atoms with Crippen molar-refractivity contribution >= 4 is 39.0 Å². The second kappa shape index (κ2) is 6.05. The maximum Gasteiger partial charge on any atom is 0.0593 e. The molecule has 0 aliphatic rings. The summed E-state index contributed by atoms with van der Waals surface area (Å²) in [7, 11) is 2.00. The Hall–Kier alpha value is -0.290. The van der Waals surface area contributed by atoms with Crippen molar-refractivity contribution in [2.24, 2.45) is 0 Å². The van der Waals surface area contributed by atoms with Gasteiger partial charge in [-0.15, -0.1) is 11.8 Å². The topological polar surface area (TPSA) is 12.0 Å². The van der Waals surface area contributed by atoms with E-state index in [0.717, 1.165) is 0 Å². The molecule has 1 N–H and O–H groups in total. The van der Waals surface area contributed by atoms with Crippen molar-refractivity contribution in [3.8, 4) is 0 Å². The number of benzene rings is 1. The summed E-state index contributed by atoms with van der Waals surface area (Å²) >= 11 is 7.09. The Morgan fingerprint density at radius 1 is 1.24 bits per heavy atom. The molecule has 0 saturated heterocycles. The molecule has 4 heteroatoms. The molecule has 2 aromatic rings. The highest BCUT2D eigenvalue weighted by Gasteiger charge is 2.15. The molecule has 0 aliphatic carbocycles. The quantitative estimate of drug-likeness (QED) is 0.827. The number of thiophene rings is 1. The highest BCUT2D eigenvalue weighted by atomic mass is 79.9. The van der Waals surface area contributed by atoms with Crippen LogP contribution in [0.2, 0.25) is 0 Å². The summed E-state index contributed by atoms with van der Waals surface area (Å²) in [5, 5.41) is 7.68. The molecular weight excluding hydrogens is 314 g/mol. The van der Waals surface area contributed by atoms with Crippen LogP contribution < -0.4 is 5.32 Å². The summed E-state index contributed by atoms with van der Waals surface area (Å²) in [4.78, 5) is 1.30. The van der Waals surface area contributed by atoms with E-state index in [2.05, 4.69) is 62.5 Å². The summed E-state index contributed by atoms with van der Waals surface area (Å²) in [6.45, 7) is 0. The van der Waals surface area contributed by atoms with Crippen molar-refractivity contribution < 1.29 is 0 Å². The van der Waals surface area contributed by atoms with Gasteiger partial charge in [0.1, 0.15) is 0 Å². The van der Waals surface area contributed by atoms with Crippen LogP contribution in [0.1, 0.15) is 17.2 Å². The molecule has 1 heterocycles. The summed E-state index contributed by atoms with van der Waals surface area (Å²) in [6.07, 6.45) is 2.10. The highest BCUT2D eigenvalue weighted by molar-refractivity contribution is 9.10. The molecule has 0 aliphatic heterocycles. The lowest BCUT2D eigenvalue weighted by molar-refractivity contribution is 0.691. The van der Waals surface area contributed by atoms with Crippen molar-refractivity contribution in [3.63, 3.8) is 0 Å². The molecule has 1 nitrogen and oxygen atoms in total. The van der Waals surface area contributed by atoms with Crippen LogP contribution in [0.4, 0.5) is 0 Å². The van der Waals surface area contributed by atoms with Crippen molar-refractivity contribution in [1.29, 1.82) is 0 Å². The second-order valence-electron chi connectivity index (χ2n) is 3.67. The average molecular weight is 328 g/mol. The third-order valence-electron chi connectivity index (χ3n) is 2.69. The van der Waals surface area contributed by atoms with E-state index in [1.54, 1.807) is 23.1 Å². The lowest BCUT2D eigenvalue weighted by Crippen LogP contribution is -2.17. The van der Waals surface area contributed by atoms with Gasteiger partial charge in [0.05, 0.1) is 6.04 Å². The Labute approximate surface area is 119 Å². The van der Waals surface area contributed by atoms with E-state index >= 15 is 0 Å². The van der Waals surface area contributed by atoms with Crippen molar-refractivity contribution in [1.82, 2.24) is 5.32 Å². The fourth-order valence-electron chi connectivity index (χ4n) is 1.80. The zero-order valence-electron chi connectivity index (χ0n) is 9.74. The third kappa shape index (κ3) is 2.94. The Kier molecular flexibility index (Phi) is 4.68. The summed E-state index contributed by atoms with van der Waals surface area (Å²) < 4.78 is 1.18. The largest absolute Gasteiger partial charge is 0.309 e. The molecular formula is C13H14BrNS2. The van der Waals surface area contributed by atoms with Crippen LogP contribution in [-0.2, 0) is 0 Å². The maximum atomic E-state index is 3.60. The zero-order valence-corrected chi connectivity index (χ0v) is 13.0. The fourth-order valence-corrected chi connectivity index (χ4v) is 3.76. The van der Waals surface area contributed by atoms with Crippen molar-refractivity contribution in [2.75, 3.05) is 13.3 Å². The lowest BCUT2D eigenvalue weighted by atomic mass is 10.0. The van der Waals surface area contributed by atoms with Crippen LogP contribution in [0.5, 0.6) is 0 Å². The van der Waals surface area contributed by atoms with E-state index in [9.17, 15) is 0 Å². The molecule has 0 bridgehead atoms. The smallest absolute Gasteiger partial charge is 0.0593 e. The minimum atomic E-state index is 0.256. The molecule has 17 heavy (non-hydrogen) atoms. The molecule has 1 atom stereocenters. The summed E-state index contributed by atoms with van der Waals surface area (Å²) in [5.41, 5.74) is 2.60. The van der Waals surface area contributed by atoms with Crippen LogP contribution in [-0.4, -0.2) is 13.3 Å². The average Bonchev–Trinajstić information content (AvgIpc) is 2.78. The third-order valence-corrected chi connectivity index (χ3v) is 5.19. The molecule has 0 saturated carbocycles. The SMILES string of the molecule is CNC(c1ccc(SC)cc1)c1cscc1Br. The highest BCUT2D eigenvalue weighted by Crippen LogP contribution is 2.31. The van der Waals surface area contributed by atoms with Gasteiger partial charge in [-0.1, -0.05) is 12.1 Å². The van der Waals surface area contributed by atoms with Crippen LogP contribution in [0, 0.1) is 0 Å². The normalized spacial score (nSPS) is 12.6. The van der Waals surface area contributed by atoms with Gasteiger partial charge >= 0.3 is 0 Å². The Morgan fingerprint density at radius 3 is 2.41 bits per heavy atom. The predicted octanol–water partition coefficient (Wildman–Crippen LogP) is 4.54. The number of hydrogen-bond donors (Lipinski definition) is 1. The first kappa shape index (κ1) is 13.1. The van der Waals surface area contributed by atoms with Gasteiger partial charge in [0.25, 0.3) is 0 Å². The summed E-state index contributed by atoms with van der Waals surface area (Å²) in [6, 6.07) is 8.98. The van der Waals surface area contributed by atoms with Gasteiger partial charge in [-0.05, 0) is 57.9 Å². The molecule has 0 spiro atoms. The van der Waals surface area contributed by atoms with Gasteiger partial charge in [0.15, 0.2) is 0 Å². The number of nitrogens with one attached hydrogen (secondary N) is 1. The first-order valence-corrected chi connectivity index (χ1v) is 8.25. The van der Waals surface area contributed by atoms with Gasteiger partial charge in [0, 0.05) is 14.7 Å². The van der Waals surface area contributed by atoms with E-state index in [1.807, 2.05) is 7.05 Å². The second-order valence-corrected chi connectivity index (χ2v) is 6.15. The standard InChI is InChI=1S/C13H14BrNS2/c1-15-13(11-7-17-8-12(11)14)9-3-5-10(16-2)6-4-9/h3-8,13,15H,1-2H3. The first-order valence-electron chi connectivity index (χ1n) is 5.29. The van der Waals surface area contributed by atoms with Crippen LogP contribution in [0.3, 0.4) is 0 Å². The number of rotatable bonds is 4. The first-order chi connectivity index (χ1) is 8.26. The monoisotopic (exact) mass is 327 g/mol. The van der Waals surface area contributed by atoms with Crippen LogP contribution >= 0.6 is 39.0 Å². The minimum absolute atomic E-state index is 0.256. The van der Waals surface area contributed by atoms with Gasteiger partial charge in [-0.25, -0.2) is 0 Å². The molecule has 1 aromatic carbocycles. The maximum absolute atomic E-state index is 3.60. The van der Waals surface area contributed by atoms with E-state index in [0.29, 0.717) is 0 Å². The minimum Gasteiger partial charge on any atom is -0.309 e. The van der Waals surface area contributed by atoms with E-state index < -0.39 is 0 Å².